The molecule has 0 aliphatic heterocycles. The summed E-state index contributed by atoms with van der Waals surface area (Å²) in [6.45, 7) is 3.78. The summed E-state index contributed by atoms with van der Waals surface area (Å²) in [6, 6.07) is 4.55. The molecule has 1 nitrogen and oxygen atoms in total. The van der Waals surface area contributed by atoms with Gasteiger partial charge in [-0.3, -0.25) is 0 Å². The zero-order valence-corrected chi connectivity index (χ0v) is 7.97. The number of ether oxygens (including phenoxy) is 1. The van der Waals surface area contributed by atoms with Gasteiger partial charge in [0.25, 0.3) is 0 Å². The largest absolute Gasteiger partial charge is 0.486 e. The second kappa shape index (κ2) is 4.26. The zero-order chi connectivity index (χ0) is 8.97. The maximum Gasteiger partial charge on any atom is 0.165 e. The van der Waals surface area contributed by atoms with Crippen LogP contribution in [0.25, 0.3) is 0 Å². The molecule has 0 atom stereocenters. The highest BCUT2D eigenvalue weighted by molar-refractivity contribution is 9.10. The Morgan fingerprint density at radius 1 is 1.58 bits per heavy atom. The van der Waals surface area contributed by atoms with E-state index >= 15 is 0 Å². The van der Waals surface area contributed by atoms with Crippen LogP contribution in [0.2, 0.25) is 0 Å². The van der Waals surface area contributed by atoms with E-state index in [9.17, 15) is 4.39 Å². The molecule has 1 aromatic carbocycles. The van der Waals surface area contributed by atoms with Crippen molar-refractivity contribution in [1.82, 2.24) is 0 Å². The first kappa shape index (κ1) is 9.26. The molecule has 1 aromatic rings. The molecule has 0 unspecified atom stereocenters. The molecule has 0 N–H and O–H groups in total. The smallest absolute Gasteiger partial charge is 0.165 e. The molecule has 0 bridgehead atoms. The predicted molar refractivity (Wildman–Crippen MR) is 49.8 cm³/mol. The van der Waals surface area contributed by atoms with E-state index in [0.717, 1.165) is 4.47 Å². The van der Waals surface area contributed by atoms with Crippen molar-refractivity contribution in [2.75, 3.05) is 6.61 Å². The molecule has 0 radical (unpaired) electrons. The fraction of sp³-hybridized carbons (Fsp3) is 0.111. The standard InChI is InChI=1S/C9H8BrFO/c1-2-5-12-9-6-7(10)3-4-8(9)11/h2-4,6H,1,5H2. The first-order chi connectivity index (χ1) is 5.74. The van der Waals surface area contributed by atoms with E-state index in [0.29, 0.717) is 6.61 Å². The van der Waals surface area contributed by atoms with Gasteiger partial charge >= 0.3 is 0 Å². The van der Waals surface area contributed by atoms with Crippen LogP contribution in [0.15, 0.2) is 35.3 Å². The van der Waals surface area contributed by atoms with Crippen molar-refractivity contribution < 1.29 is 9.13 Å². The van der Waals surface area contributed by atoms with Crippen LogP contribution in [0.4, 0.5) is 4.39 Å². The molecule has 0 heterocycles. The van der Waals surface area contributed by atoms with Gasteiger partial charge in [0.05, 0.1) is 0 Å². The summed E-state index contributed by atoms with van der Waals surface area (Å²) in [5.41, 5.74) is 0. The Morgan fingerprint density at radius 3 is 3.00 bits per heavy atom. The van der Waals surface area contributed by atoms with Crippen LogP contribution in [0.3, 0.4) is 0 Å². The van der Waals surface area contributed by atoms with Gasteiger partial charge in [-0.25, -0.2) is 4.39 Å². The second-order valence-corrected chi connectivity index (χ2v) is 3.09. The minimum atomic E-state index is -0.361. The van der Waals surface area contributed by atoms with Gasteiger partial charge in [0, 0.05) is 4.47 Å². The molecule has 0 saturated carbocycles. The van der Waals surface area contributed by atoms with E-state index in [1.165, 1.54) is 6.07 Å². The van der Waals surface area contributed by atoms with Crippen LogP contribution >= 0.6 is 15.9 Å². The molecule has 0 aliphatic rings. The van der Waals surface area contributed by atoms with Gasteiger partial charge in [-0.15, -0.1) is 0 Å². The summed E-state index contributed by atoms with van der Waals surface area (Å²) in [7, 11) is 0. The molecular formula is C9H8BrFO. The summed E-state index contributed by atoms with van der Waals surface area (Å²) >= 11 is 3.22. The Kier molecular flexibility index (Phi) is 3.29. The van der Waals surface area contributed by atoms with Gasteiger partial charge in [-0.1, -0.05) is 28.6 Å². The number of hydrogen-bond acceptors (Lipinski definition) is 1. The third-order valence-corrected chi connectivity index (χ3v) is 1.74. The van der Waals surface area contributed by atoms with Crippen molar-refractivity contribution in [2.24, 2.45) is 0 Å². The Bertz CT molecular complexity index is 286. The third-order valence-electron chi connectivity index (χ3n) is 1.25. The minimum Gasteiger partial charge on any atom is -0.486 e. The van der Waals surface area contributed by atoms with Crippen LogP contribution < -0.4 is 4.74 Å². The number of hydrogen-bond donors (Lipinski definition) is 0. The lowest BCUT2D eigenvalue weighted by molar-refractivity contribution is 0.341. The van der Waals surface area contributed by atoms with Crippen LogP contribution in [-0.2, 0) is 0 Å². The summed E-state index contributed by atoms with van der Waals surface area (Å²) in [5, 5.41) is 0. The van der Waals surface area contributed by atoms with Crippen molar-refractivity contribution in [2.45, 2.75) is 0 Å². The van der Waals surface area contributed by atoms with E-state index < -0.39 is 0 Å². The monoisotopic (exact) mass is 230 g/mol. The number of halogens is 2. The Hall–Kier alpha value is -0.830. The van der Waals surface area contributed by atoms with Gasteiger partial charge in [-0.2, -0.15) is 0 Å². The first-order valence-corrected chi connectivity index (χ1v) is 4.22. The summed E-state index contributed by atoms with van der Waals surface area (Å²) in [4.78, 5) is 0. The second-order valence-electron chi connectivity index (χ2n) is 2.17. The van der Waals surface area contributed by atoms with E-state index in [1.54, 1.807) is 18.2 Å². The van der Waals surface area contributed by atoms with Crippen LogP contribution in [0, 0.1) is 5.82 Å². The SMILES string of the molecule is C=CCOc1cc(Br)ccc1F. The lowest BCUT2D eigenvalue weighted by Crippen LogP contribution is -1.95. The van der Waals surface area contributed by atoms with Crippen molar-refractivity contribution in [3.8, 4) is 5.75 Å². The van der Waals surface area contributed by atoms with Crippen LogP contribution in [0.5, 0.6) is 5.75 Å². The maximum atomic E-state index is 12.9. The maximum absolute atomic E-state index is 12.9. The van der Waals surface area contributed by atoms with Gasteiger partial charge in [0.1, 0.15) is 6.61 Å². The molecule has 3 heteroatoms. The van der Waals surface area contributed by atoms with Crippen molar-refractivity contribution in [3.05, 3.63) is 41.1 Å². The number of rotatable bonds is 3. The first-order valence-electron chi connectivity index (χ1n) is 3.43. The quantitative estimate of drug-likeness (QED) is 0.726. The zero-order valence-electron chi connectivity index (χ0n) is 6.39. The van der Waals surface area contributed by atoms with Gasteiger partial charge in [0.15, 0.2) is 11.6 Å². The van der Waals surface area contributed by atoms with Crippen molar-refractivity contribution in [3.63, 3.8) is 0 Å². The van der Waals surface area contributed by atoms with Gasteiger partial charge < -0.3 is 4.74 Å². The molecule has 64 valence electrons. The molecule has 0 aliphatic carbocycles. The third kappa shape index (κ3) is 2.34. The highest BCUT2D eigenvalue weighted by Crippen LogP contribution is 2.21. The van der Waals surface area contributed by atoms with Crippen LogP contribution in [0.1, 0.15) is 0 Å². The molecule has 1 rings (SSSR count). The molecule has 0 aromatic heterocycles. The van der Waals surface area contributed by atoms with E-state index in [4.69, 9.17) is 4.74 Å². The topological polar surface area (TPSA) is 9.23 Å². The minimum absolute atomic E-state index is 0.240. The van der Waals surface area contributed by atoms with Crippen LogP contribution in [-0.4, -0.2) is 6.61 Å². The van der Waals surface area contributed by atoms with Gasteiger partial charge in [0.2, 0.25) is 0 Å². The van der Waals surface area contributed by atoms with Crippen molar-refractivity contribution in [1.29, 1.82) is 0 Å². The highest BCUT2D eigenvalue weighted by Gasteiger charge is 2.01. The Morgan fingerprint density at radius 2 is 2.33 bits per heavy atom. The molecule has 0 fully saturated rings. The normalized spacial score (nSPS) is 9.50. The fourth-order valence-corrected chi connectivity index (χ4v) is 1.08. The average molecular weight is 231 g/mol. The molecule has 12 heavy (non-hydrogen) atoms. The lowest BCUT2D eigenvalue weighted by Gasteiger charge is -2.03. The lowest BCUT2D eigenvalue weighted by atomic mass is 10.3. The van der Waals surface area contributed by atoms with Crippen molar-refractivity contribution >= 4 is 15.9 Å². The average Bonchev–Trinajstić information content (AvgIpc) is 2.07. The predicted octanol–water partition coefficient (Wildman–Crippen LogP) is 3.15. The Balaban J connectivity index is 2.82. The molecule has 0 spiro atoms. The summed E-state index contributed by atoms with van der Waals surface area (Å²) < 4.78 is 18.8. The molecule has 0 amide bonds. The summed E-state index contributed by atoms with van der Waals surface area (Å²) in [5.74, 6) is -0.121. The van der Waals surface area contributed by atoms with E-state index in [-0.39, 0.29) is 11.6 Å². The fourth-order valence-electron chi connectivity index (χ4n) is 0.737. The summed E-state index contributed by atoms with van der Waals surface area (Å²) in [6.07, 6.45) is 1.57. The highest BCUT2D eigenvalue weighted by atomic mass is 79.9. The molecule has 0 saturated heterocycles. The van der Waals surface area contributed by atoms with E-state index in [2.05, 4.69) is 22.5 Å². The van der Waals surface area contributed by atoms with Gasteiger partial charge in [-0.05, 0) is 18.2 Å². The molecular weight excluding hydrogens is 223 g/mol. The Labute approximate surface area is 79.0 Å². The number of benzene rings is 1. The van der Waals surface area contributed by atoms with E-state index in [1.807, 2.05) is 0 Å².